The van der Waals surface area contributed by atoms with Crippen LogP contribution < -0.4 is 9.80 Å². The molecule has 15 rings (SSSR count). The van der Waals surface area contributed by atoms with Crippen LogP contribution in [0.2, 0.25) is 0 Å². The smallest absolute Gasteiger partial charge is 0.136 e. The van der Waals surface area contributed by atoms with E-state index in [0.29, 0.717) is 0 Å². The van der Waals surface area contributed by atoms with Crippen LogP contribution in [-0.4, -0.2) is 0 Å². The fourth-order valence-corrected chi connectivity index (χ4v) is 16.0. The van der Waals surface area contributed by atoms with Gasteiger partial charge in [-0.05, 0) is 131 Å². The Morgan fingerprint density at radius 1 is 0.267 bits per heavy atom. The van der Waals surface area contributed by atoms with E-state index < -0.39 is 0 Å². The lowest BCUT2D eigenvalue weighted by Gasteiger charge is -2.27. The molecule has 10 aromatic carbocycles. The lowest BCUT2D eigenvalue weighted by molar-refractivity contribution is 0.590. The van der Waals surface area contributed by atoms with Crippen LogP contribution in [0.3, 0.4) is 0 Å². The lowest BCUT2D eigenvalue weighted by atomic mass is 9.87. The van der Waals surface area contributed by atoms with Crippen LogP contribution in [0.4, 0.5) is 34.1 Å². The van der Waals surface area contributed by atoms with Crippen LogP contribution in [0.25, 0.3) is 103 Å². The third kappa shape index (κ3) is 7.31. The first-order valence-electron chi connectivity index (χ1n) is 25.7. The minimum atomic E-state index is 0.0632. The first-order valence-corrected chi connectivity index (χ1v) is 29.0. The van der Waals surface area contributed by atoms with Crippen molar-refractivity contribution in [2.24, 2.45) is 0 Å². The number of benzene rings is 10. The van der Waals surface area contributed by atoms with Crippen LogP contribution in [0.1, 0.15) is 52.7 Å². The average molecular weight is 1040 g/mol. The third-order valence-corrected chi connectivity index (χ3v) is 19.9. The Hall–Kier alpha value is -7.52. The summed E-state index contributed by atoms with van der Waals surface area (Å²) in [5.41, 5.74) is 11.5. The molecule has 0 spiro atoms. The van der Waals surface area contributed by atoms with E-state index in [1.54, 1.807) is 0 Å². The van der Waals surface area contributed by atoms with E-state index >= 15 is 0 Å². The molecule has 0 aliphatic carbocycles. The number of anilines is 6. The van der Waals surface area contributed by atoms with Crippen LogP contribution >= 0.6 is 45.3 Å². The maximum Gasteiger partial charge on any atom is 0.136 e. The van der Waals surface area contributed by atoms with Gasteiger partial charge in [0.05, 0.1) is 0 Å². The fourth-order valence-electron chi connectivity index (χ4n) is 11.4. The van der Waals surface area contributed by atoms with Crippen molar-refractivity contribution in [1.29, 1.82) is 0 Å². The van der Waals surface area contributed by atoms with Crippen molar-refractivity contribution >= 4 is 182 Å². The minimum absolute atomic E-state index is 0.0632. The highest BCUT2D eigenvalue weighted by Gasteiger charge is 2.23. The monoisotopic (exact) mass is 1040 g/mol. The van der Waals surface area contributed by atoms with E-state index in [1.165, 1.54) is 91.8 Å². The molecular formula is C68H50N2OS4. The predicted molar refractivity (Wildman–Crippen MR) is 332 cm³/mol. The number of furan rings is 1. The molecule has 7 heteroatoms. The lowest BCUT2D eigenvalue weighted by Crippen LogP contribution is -2.13. The third-order valence-electron chi connectivity index (χ3n) is 15.4. The van der Waals surface area contributed by atoms with E-state index in [-0.39, 0.29) is 10.8 Å². The molecule has 0 saturated heterocycles. The van der Waals surface area contributed by atoms with Gasteiger partial charge in [0.25, 0.3) is 0 Å². The fraction of sp³-hybridized carbons (Fsp3) is 0.118. The number of thiophene rings is 4. The summed E-state index contributed by atoms with van der Waals surface area (Å²) in [6.45, 7) is 13.7. The second-order valence-electron chi connectivity index (χ2n) is 22.2. The average Bonchev–Trinajstić information content (AvgIpc) is 4.28. The Morgan fingerprint density at radius 3 is 0.920 bits per heavy atom. The summed E-state index contributed by atoms with van der Waals surface area (Å²) in [5, 5.41) is 12.6. The largest absolute Gasteiger partial charge is 0.456 e. The summed E-state index contributed by atoms with van der Waals surface area (Å²) in [5.74, 6) is 0. The van der Waals surface area contributed by atoms with Gasteiger partial charge in [0.2, 0.25) is 0 Å². The van der Waals surface area contributed by atoms with Crippen molar-refractivity contribution < 1.29 is 4.42 Å². The molecule has 0 amide bonds. The number of hydrogen-bond acceptors (Lipinski definition) is 7. The maximum absolute atomic E-state index is 6.80. The number of rotatable bonds is 6. The van der Waals surface area contributed by atoms with E-state index in [0.717, 1.165) is 56.1 Å². The second-order valence-corrected chi connectivity index (χ2v) is 26.5. The summed E-state index contributed by atoms with van der Waals surface area (Å²) in [6.07, 6.45) is 0. The van der Waals surface area contributed by atoms with Gasteiger partial charge < -0.3 is 14.2 Å². The molecular weight excluding hydrogens is 989 g/mol. The Balaban J connectivity index is 0.824. The molecule has 0 fully saturated rings. The normalized spacial score (nSPS) is 12.7. The number of nitrogens with zero attached hydrogens (tertiary/aromatic N) is 2. The summed E-state index contributed by atoms with van der Waals surface area (Å²) >= 11 is 7.42. The standard InChI is InChI=1S/C68H50N2OS4/c1-67(2,3)39-15-19-41(20-16-39)69(43-23-27-49-47-11-7-9-13-59(47)72-61(49)31-43)45-25-29-51-55-35-53-54-36-56-52-30-26-46(34-64(52)75-66(56)38-58(54)71-57(53)37-65(55)74-63(51)33-45)70(42-21-17-40(18-22-42)68(4,5)6)44-24-28-50-48-12-8-10-14-60(48)73-62(50)32-44/h7-38H,1-6H3. The van der Waals surface area contributed by atoms with Crippen molar-refractivity contribution in [3.8, 4) is 0 Å². The molecule has 75 heavy (non-hydrogen) atoms. The molecule has 5 heterocycles. The Labute approximate surface area is 450 Å². The predicted octanol–water partition coefficient (Wildman–Crippen LogP) is 22.6. The van der Waals surface area contributed by atoms with Gasteiger partial charge in [0.1, 0.15) is 11.2 Å². The van der Waals surface area contributed by atoms with Crippen LogP contribution in [-0.2, 0) is 10.8 Å². The Bertz CT molecular complexity index is 4500. The number of fused-ring (bicyclic) bond motifs is 15. The first kappa shape index (κ1) is 44.9. The zero-order chi connectivity index (χ0) is 50.5. The number of hydrogen-bond donors (Lipinski definition) is 0. The SMILES string of the molecule is CC(C)(C)c1ccc(N(c2ccc3c(c2)sc2ccccc23)c2ccc3c(c2)sc2cc4oc5cc6sc7cc(N(c8ccc(C(C)(C)C)cc8)c8ccc9c(c8)sc8ccccc89)ccc7c6cc5c4cc23)cc1. The summed E-state index contributed by atoms with van der Waals surface area (Å²) in [7, 11) is 0. The topological polar surface area (TPSA) is 19.6 Å². The summed E-state index contributed by atoms with van der Waals surface area (Å²) in [6, 6.07) is 73.0. The van der Waals surface area contributed by atoms with Gasteiger partial charge in [-0.2, -0.15) is 0 Å². The van der Waals surface area contributed by atoms with Crippen molar-refractivity contribution in [2.75, 3.05) is 9.80 Å². The molecule has 0 aliphatic heterocycles. The van der Waals surface area contributed by atoms with Crippen molar-refractivity contribution in [2.45, 2.75) is 52.4 Å². The highest BCUT2D eigenvalue weighted by atomic mass is 32.1. The van der Waals surface area contributed by atoms with Crippen molar-refractivity contribution in [3.63, 3.8) is 0 Å². The molecule has 0 unspecified atom stereocenters. The molecule has 5 aromatic heterocycles. The highest BCUT2D eigenvalue weighted by molar-refractivity contribution is 7.27. The zero-order valence-electron chi connectivity index (χ0n) is 42.4. The van der Waals surface area contributed by atoms with Crippen molar-refractivity contribution in [1.82, 2.24) is 0 Å². The minimum Gasteiger partial charge on any atom is -0.456 e. The van der Waals surface area contributed by atoms with Crippen LogP contribution in [0.5, 0.6) is 0 Å². The van der Waals surface area contributed by atoms with E-state index in [4.69, 9.17) is 4.42 Å². The molecule has 0 atom stereocenters. The van der Waals surface area contributed by atoms with Gasteiger partial charge in [0, 0.05) is 126 Å². The summed E-state index contributed by atoms with van der Waals surface area (Å²) in [4.78, 5) is 4.85. The van der Waals surface area contributed by atoms with Gasteiger partial charge in [0.15, 0.2) is 0 Å². The van der Waals surface area contributed by atoms with Gasteiger partial charge in [-0.1, -0.05) is 126 Å². The molecule has 0 aliphatic rings. The van der Waals surface area contributed by atoms with E-state index in [1.807, 2.05) is 45.3 Å². The molecule has 0 N–H and O–H groups in total. The highest BCUT2D eigenvalue weighted by Crippen LogP contribution is 2.48. The quantitative estimate of drug-likeness (QED) is 0.165. The van der Waals surface area contributed by atoms with Crippen LogP contribution in [0.15, 0.2) is 199 Å². The first-order chi connectivity index (χ1) is 36.4. The van der Waals surface area contributed by atoms with Crippen LogP contribution in [0, 0.1) is 0 Å². The van der Waals surface area contributed by atoms with Gasteiger partial charge in [-0.15, -0.1) is 45.3 Å². The van der Waals surface area contributed by atoms with E-state index in [2.05, 4.69) is 245 Å². The van der Waals surface area contributed by atoms with E-state index in [9.17, 15) is 0 Å². The molecule has 0 radical (unpaired) electrons. The zero-order valence-corrected chi connectivity index (χ0v) is 45.7. The van der Waals surface area contributed by atoms with Gasteiger partial charge >= 0.3 is 0 Å². The van der Waals surface area contributed by atoms with Gasteiger partial charge in [-0.3, -0.25) is 0 Å². The Kier molecular flexibility index (Phi) is 9.88. The van der Waals surface area contributed by atoms with Crippen molar-refractivity contribution in [3.05, 3.63) is 205 Å². The molecule has 0 bridgehead atoms. The molecule has 0 saturated carbocycles. The molecule has 15 aromatic rings. The second kappa shape index (κ2) is 16.5. The van der Waals surface area contributed by atoms with Gasteiger partial charge in [-0.25, -0.2) is 0 Å². The summed E-state index contributed by atoms with van der Waals surface area (Å²) < 4.78 is 17.0. The Morgan fingerprint density at radius 2 is 0.560 bits per heavy atom. The maximum atomic E-state index is 6.80. The molecule has 362 valence electrons. The molecule has 3 nitrogen and oxygen atoms in total.